The maximum Gasteiger partial charge on any atom is 0.416 e. The van der Waals surface area contributed by atoms with Crippen LogP contribution < -0.4 is 10.2 Å². The van der Waals surface area contributed by atoms with Crippen molar-refractivity contribution in [2.45, 2.75) is 19.1 Å². The summed E-state index contributed by atoms with van der Waals surface area (Å²) in [5, 5.41) is 2.73. The van der Waals surface area contributed by atoms with Gasteiger partial charge in [0.1, 0.15) is 0 Å². The predicted molar refractivity (Wildman–Crippen MR) is 126 cm³/mol. The molecule has 2 heterocycles. The SMILES string of the molecule is CC(C(=O)Nc1cc(C(F)(F)F)ccc1N1CCOCC1)N1CCN(C(=O)c2ccccc2)CC1. The number of nitrogens with zero attached hydrogens (tertiary/aromatic N) is 3. The molecule has 2 saturated heterocycles. The number of anilines is 2. The molecule has 0 spiro atoms. The zero-order valence-electron chi connectivity index (χ0n) is 19.6. The number of morpholine rings is 1. The molecule has 35 heavy (non-hydrogen) atoms. The average Bonchev–Trinajstić information content (AvgIpc) is 2.88. The summed E-state index contributed by atoms with van der Waals surface area (Å²) >= 11 is 0. The Morgan fingerprint density at radius 2 is 1.60 bits per heavy atom. The Bertz CT molecular complexity index is 1030. The van der Waals surface area contributed by atoms with Crippen LogP contribution in [0.3, 0.4) is 0 Å². The number of carbonyl (C=O) groups is 2. The molecule has 0 aromatic heterocycles. The molecule has 2 aliphatic heterocycles. The van der Waals surface area contributed by atoms with Crippen LogP contribution in [0.25, 0.3) is 0 Å². The maximum absolute atomic E-state index is 13.4. The van der Waals surface area contributed by atoms with Crippen molar-refractivity contribution >= 4 is 23.2 Å². The van der Waals surface area contributed by atoms with Crippen LogP contribution in [-0.2, 0) is 15.7 Å². The molecule has 2 aliphatic rings. The second-order valence-corrected chi connectivity index (χ2v) is 8.69. The quantitative estimate of drug-likeness (QED) is 0.697. The van der Waals surface area contributed by atoms with E-state index in [1.165, 1.54) is 6.07 Å². The number of alkyl halides is 3. The van der Waals surface area contributed by atoms with Gasteiger partial charge in [-0.1, -0.05) is 18.2 Å². The highest BCUT2D eigenvalue weighted by molar-refractivity contribution is 5.98. The molecule has 2 aromatic carbocycles. The van der Waals surface area contributed by atoms with Gasteiger partial charge >= 0.3 is 6.18 Å². The minimum atomic E-state index is -4.52. The molecule has 0 bridgehead atoms. The summed E-state index contributed by atoms with van der Waals surface area (Å²) in [6.07, 6.45) is -4.52. The first-order chi connectivity index (χ1) is 16.7. The summed E-state index contributed by atoms with van der Waals surface area (Å²) in [7, 11) is 0. The highest BCUT2D eigenvalue weighted by Crippen LogP contribution is 2.36. The summed E-state index contributed by atoms with van der Waals surface area (Å²) in [6.45, 7) is 5.64. The Morgan fingerprint density at radius 1 is 0.943 bits per heavy atom. The zero-order valence-corrected chi connectivity index (χ0v) is 19.6. The Balaban J connectivity index is 1.43. The van der Waals surface area contributed by atoms with Gasteiger partial charge in [-0.05, 0) is 37.3 Å². The van der Waals surface area contributed by atoms with Crippen molar-refractivity contribution in [3.8, 4) is 0 Å². The van der Waals surface area contributed by atoms with E-state index in [0.717, 1.165) is 12.1 Å². The molecule has 2 amide bonds. The van der Waals surface area contributed by atoms with Crippen molar-refractivity contribution in [2.75, 3.05) is 62.7 Å². The van der Waals surface area contributed by atoms with Gasteiger partial charge in [0.2, 0.25) is 5.91 Å². The van der Waals surface area contributed by atoms with Crippen LogP contribution in [-0.4, -0.2) is 80.1 Å². The third kappa shape index (κ3) is 5.94. The molecule has 1 unspecified atom stereocenters. The number of nitrogens with one attached hydrogen (secondary N) is 1. The third-order valence-electron chi connectivity index (χ3n) is 6.48. The number of hydrogen-bond acceptors (Lipinski definition) is 5. The third-order valence-corrected chi connectivity index (χ3v) is 6.48. The number of amides is 2. The smallest absolute Gasteiger partial charge is 0.378 e. The number of ether oxygens (including phenoxy) is 1. The fraction of sp³-hybridized carbons (Fsp3) is 0.440. The second kappa shape index (κ2) is 10.7. The summed E-state index contributed by atoms with van der Waals surface area (Å²) in [5.74, 6) is -0.442. The molecule has 4 rings (SSSR count). The topological polar surface area (TPSA) is 65.1 Å². The Labute approximate surface area is 202 Å². The molecule has 0 radical (unpaired) electrons. The van der Waals surface area contributed by atoms with Crippen molar-refractivity contribution < 1.29 is 27.5 Å². The van der Waals surface area contributed by atoms with E-state index in [9.17, 15) is 22.8 Å². The highest BCUT2D eigenvalue weighted by atomic mass is 19.4. The lowest BCUT2D eigenvalue weighted by molar-refractivity contribution is -0.137. The lowest BCUT2D eigenvalue weighted by atomic mass is 10.1. The van der Waals surface area contributed by atoms with Gasteiger partial charge < -0.3 is 19.9 Å². The van der Waals surface area contributed by atoms with E-state index >= 15 is 0 Å². The first-order valence-corrected chi connectivity index (χ1v) is 11.7. The number of benzene rings is 2. The van der Waals surface area contributed by atoms with Gasteiger partial charge in [0, 0.05) is 44.8 Å². The number of carbonyl (C=O) groups excluding carboxylic acids is 2. The standard InChI is InChI=1S/C25H29F3N4O3/c1-18(30-9-11-32(12-10-30)24(34)19-5-3-2-4-6-19)23(33)29-21-17-20(25(26,27)28)7-8-22(21)31-13-15-35-16-14-31/h2-8,17-18H,9-16H2,1H3,(H,29,33). The summed E-state index contributed by atoms with van der Waals surface area (Å²) in [5.41, 5.74) is 0.481. The van der Waals surface area contributed by atoms with Crippen LogP contribution in [0.5, 0.6) is 0 Å². The summed E-state index contributed by atoms with van der Waals surface area (Å²) in [6, 6.07) is 11.9. The minimum Gasteiger partial charge on any atom is -0.378 e. The molecule has 1 atom stereocenters. The largest absolute Gasteiger partial charge is 0.416 e. The highest BCUT2D eigenvalue weighted by Gasteiger charge is 2.33. The van der Waals surface area contributed by atoms with Crippen molar-refractivity contribution in [1.82, 2.24) is 9.80 Å². The van der Waals surface area contributed by atoms with Gasteiger partial charge in [-0.15, -0.1) is 0 Å². The van der Waals surface area contributed by atoms with E-state index in [-0.39, 0.29) is 17.5 Å². The molecule has 7 nitrogen and oxygen atoms in total. The Kier molecular flexibility index (Phi) is 7.61. The lowest BCUT2D eigenvalue weighted by Crippen LogP contribution is -2.54. The molecule has 2 fully saturated rings. The molecule has 10 heteroatoms. The van der Waals surface area contributed by atoms with Crippen LogP contribution in [0.2, 0.25) is 0 Å². The van der Waals surface area contributed by atoms with Crippen LogP contribution >= 0.6 is 0 Å². The van der Waals surface area contributed by atoms with Gasteiger partial charge in [0.15, 0.2) is 0 Å². The normalized spacial score (nSPS) is 18.3. The van der Waals surface area contributed by atoms with Crippen molar-refractivity contribution in [3.05, 3.63) is 59.7 Å². The number of rotatable bonds is 5. The molecule has 188 valence electrons. The van der Waals surface area contributed by atoms with E-state index in [1.807, 2.05) is 28.0 Å². The van der Waals surface area contributed by atoms with Crippen molar-refractivity contribution in [3.63, 3.8) is 0 Å². The first-order valence-electron chi connectivity index (χ1n) is 11.7. The van der Waals surface area contributed by atoms with Crippen molar-refractivity contribution in [2.24, 2.45) is 0 Å². The van der Waals surface area contributed by atoms with Crippen LogP contribution in [0.4, 0.5) is 24.5 Å². The Hall–Kier alpha value is -3.11. The van der Waals surface area contributed by atoms with Crippen molar-refractivity contribution in [1.29, 1.82) is 0 Å². The summed E-state index contributed by atoms with van der Waals surface area (Å²) in [4.78, 5) is 31.4. The van der Waals surface area contributed by atoms with Crippen LogP contribution in [0, 0.1) is 0 Å². The van der Waals surface area contributed by atoms with Gasteiger partial charge in [0.25, 0.3) is 5.91 Å². The van der Waals surface area contributed by atoms with Gasteiger partial charge in [0.05, 0.1) is 36.2 Å². The van der Waals surface area contributed by atoms with Gasteiger partial charge in [-0.3, -0.25) is 14.5 Å². The summed E-state index contributed by atoms with van der Waals surface area (Å²) < 4.78 is 45.4. The van der Waals surface area contributed by atoms with Gasteiger partial charge in [-0.25, -0.2) is 0 Å². The van der Waals surface area contributed by atoms with E-state index in [0.29, 0.717) is 63.7 Å². The fourth-order valence-electron chi connectivity index (χ4n) is 4.37. The van der Waals surface area contributed by atoms with Crippen LogP contribution in [0.15, 0.2) is 48.5 Å². The molecular formula is C25H29F3N4O3. The lowest BCUT2D eigenvalue weighted by Gasteiger charge is -2.37. The second-order valence-electron chi connectivity index (χ2n) is 8.69. The Morgan fingerprint density at radius 3 is 2.23 bits per heavy atom. The van der Waals surface area contributed by atoms with Gasteiger partial charge in [-0.2, -0.15) is 13.2 Å². The van der Waals surface area contributed by atoms with E-state index < -0.39 is 17.8 Å². The van der Waals surface area contributed by atoms with E-state index in [2.05, 4.69) is 5.32 Å². The molecule has 1 N–H and O–H groups in total. The zero-order chi connectivity index (χ0) is 25.0. The number of hydrogen-bond donors (Lipinski definition) is 1. The molecule has 2 aromatic rings. The number of piperazine rings is 1. The monoisotopic (exact) mass is 490 g/mol. The molecular weight excluding hydrogens is 461 g/mol. The fourth-order valence-corrected chi connectivity index (χ4v) is 4.37. The van der Waals surface area contributed by atoms with Crippen LogP contribution in [0.1, 0.15) is 22.8 Å². The molecule has 0 saturated carbocycles. The van der Waals surface area contributed by atoms with E-state index in [1.54, 1.807) is 24.0 Å². The number of halogens is 3. The maximum atomic E-state index is 13.4. The molecule has 0 aliphatic carbocycles. The average molecular weight is 491 g/mol. The first kappa shape index (κ1) is 25.0. The van der Waals surface area contributed by atoms with E-state index in [4.69, 9.17) is 4.74 Å². The predicted octanol–water partition coefficient (Wildman–Crippen LogP) is 3.33. The minimum absolute atomic E-state index is 0.0542.